The summed E-state index contributed by atoms with van der Waals surface area (Å²) in [5.74, 6) is -0.681. The predicted octanol–water partition coefficient (Wildman–Crippen LogP) is 5.15. The number of hydrogen-bond donors (Lipinski definition) is 1. The van der Waals surface area contributed by atoms with Crippen molar-refractivity contribution >= 4 is 11.8 Å². The standard InChI is InChI=1S/C29H33FN2O2/c1-20(2)31-29(34)27(17-23-8-6-5-7-9-23)32(19-24-10-12-26(30)13-11-24)28(33)18-25-15-21(3)14-22(4)16-25/h5-16,20,27H,17-19H2,1-4H3,(H,31,34)/t27-/m0/s1. The summed E-state index contributed by atoms with van der Waals surface area (Å²) in [6, 6.07) is 21.1. The van der Waals surface area contributed by atoms with Crippen molar-refractivity contribution in [1.82, 2.24) is 10.2 Å². The number of halogens is 1. The van der Waals surface area contributed by atoms with Gasteiger partial charge in [-0.05, 0) is 56.5 Å². The lowest BCUT2D eigenvalue weighted by Crippen LogP contribution is -2.52. The van der Waals surface area contributed by atoms with Gasteiger partial charge in [-0.25, -0.2) is 4.39 Å². The first-order chi connectivity index (χ1) is 16.2. The SMILES string of the molecule is Cc1cc(C)cc(CC(=O)N(Cc2ccc(F)cc2)[C@@H](Cc2ccccc2)C(=O)NC(C)C)c1. The fourth-order valence-corrected chi connectivity index (χ4v) is 4.17. The molecular formula is C29H33FN2O2. The van der Waals surface area contributed by atoms with Crippen LogP contribution < -0.4 is 5.32 Å². The zero-order chi connectivity index (χ0) is 24.7. The van der Waals surface area contributed by atoms with Crippen LogP contribution in [0.1, 0.15) is 41.7 Å². The molecule has 1 atom stereocenters. The fraction of sp³-hybridized carbons (Fsp3) is 0.310. The van der Waals surface area contributed by atoms with Gasteiger partial charge in [0, 0.05) is 19.0 Å². The molecule has 0 heterocycles. The van der Waals surface area contributed by atoms with Crippen LogP contribution in [0.15, 0.2) is 72.8 Å². The lowest BCUT2D eigenvalue weighted by molar-refractivity contribution is -0.141. The molecule has 0 saturated heterocycles. The first kappa shape index (κ1) is 25.2. The Morgan fingerprint density at radius 3 is 2.06 bits per heavy atom. The van der Waals surface area contributed by atoms with E-state index in [1.165, 1.54) is 12.1 Å². The predicted molar refractivity (Wildman–Crippen MR) is 134 cm³/mol. The summed E-state index contributed by atoms with van der Waals surface area (Å²) >= 11 is 0. The van der Waals surface area contributed by atoms with Gasteiger partial charge in [0.1, 0.15) is 11.9 Å². The average molecular weight is 461 g/mol. The smallest absolute Gasteiger partial charge is 0.243 e. The molecule has 0 unspecified atom stereocenters. The Morgan fingerprint density at radius 2 is 1.47 bits per heavy atom. The molecule has 1 N–H and O–H groups in total. The van der Waals surface area contributed by atoms with Crippen molar-refractivity contribution in [2.75, 3.05) is 0 Å². The molecule has 0 aliphatic heterocycles. The summed E-state index contributed by atoms with van der Waals surface area (Å²) in [5.41, 5.74) is 4.83. The van der Waals surface area contributed by atoms with E-state index in [0.717, 1.165) is 27.8 Å². The number of rotatable bonds is 9. The molecule has 5 heteroatoms. The number of nitrogens with zero attached hydrogens (tertiary/aromatic N) is 1. The molecule has 0 fully saturated rings. The Hall–Kier alpha value is -3.47. The summed E-state index contributed by atoms with van der Waals surface area (Å²) in [7, 11) is 0. The highest BCUT2D eigenvalue weighted by Gasteiger charge is 2.30. The quantitative estimate of drug-likeness (QED) is 0.480. The van der Waals surface area contributed by atoms with Crippen molar-refractivity contribution in [1.29, 1.82) is 0 Å². The number of carbonyl (C=O) groups is 2. The van der Waals surface area contributed by atoms with Gasteiger partial charge in [-0.15, -0.1) is 0 Å². The van der Waals surface area contributed by atoms with Crippen LogP contribution >= 0.6 is 0 Å². The molecule has 0 aliphatic rings. The number of amides is 2. The number of hydrogen-bond acceptors (Lipinski definition) is 2. The van der Waals surface area contributed by atoms with Crippen LogP contribution in [0.3, 0.4) is 0 Å². The Kier molecular flexibility index (Phi) is 8.58. The van der Waals surface area contributed by atoms with Gasteiger partial charge in [0.25, 0.3) is 0 Å². The molecule has 2 amide bonds. The Labute approximate surface area is 201 Å². The molecule has 4 nitrogen and oxygen atoms in total. The van der Waals surface area contributed by atoms with Gasteiger partial charge >= 0.3 is 0 Å². The van der Waals surface area contributed by atoms with Gasteiger partial charge in [0.05, 0.1) is 6.42 Å². The van der Waals surface area contributed by atoms with Gasteiger partial charge in [-0.2, -0.15) is 0 Å². The van der Waals surface area contributed by atoms with Gasteiger partial charge in [0.15, 0.2) is 0 Å². The fourth-order valence-electron chi connectivity index (χ4n) is 4.17. The monoisotopic (exact) mass is 460 g/mol. The summed E-state index contributed by atoms with van der Waals surface area (Å²) in [6.45, 7) is 8.03. The van der Waals surface area contributed by atoms with Crippen LogP contribution in [0.25, 0.3) is 0 Å². The maximum absolute atomic E-state index is 13.7. The van der Waals surface area contributed by atoms with Gasteiger partial charge in [-0.1, -0.05) is 71.8 Å². The van der Waals surface area contributed by atoms with Crippen molar-refractivity contribution in [2.45, 2.75) is 59.2 Å². The van der Waals surface area contributed by atoms with Crippen molar-refractivity contribution in [3.8, 4) is 0 Å². The third-order valence-corrected chi connectivity index (χ3v) is 5.61. The second-order valence-corrected chi connectivity index (χ2v) is 9.19. The third-order valence-electron chi connectivity index (χ3n) is 5.61. The first-order valence-electron chi connectivity index (χ1n) is 11.7. The largest absolute Gasteiger partial charge is 0.352 e. The van der Waals surface area contributed by atoms with Crippen molar-refractivity contribution in [3.05, 3.63) is 106 Å². The molecule has 34 heavy (non-hydrogen) atoms. The number of nitrogens with one attached hydrogen (secondary N) is 1. The van der Waals surface area contributed by atoms with E-state index in [-0.39, 0.29) is 36.6 Å². The second-order valence-electron chi connectivity index (χ2n) is 9.19. The minimum absolute atomic E-state index is 0.0621. The highest BCUT2D eigenvalue weighted by atomic mass is 19.1. The van der Waals surface area contributed by atoms with Gasteiger partial charge in [0.2, 0.25) is 11.8 Å². The zero-order valence-corrected chi connectivity index (χ0v) is 20.3. The van der Waals surface area contributed by atoms with E-state index in [2.05, 4.69) is 11.4 Å². The number of aryl methyl sites for hydroxylation is 2. The Morgan fingerprint density at radius 1 is 0.853 bits per heavy atom. The molecule has 3 rings (SSSR count). The number of benzene rings is 3. The second kappa shape index (κ2) is 11.6. The molecule has 0 radical (unpaired) electrons. The maximum atomic E-state index is 13.7. The van der Waals surface area contributed by atoms with E-state index in [0.29, 0.717) is 6.42 Å². The topological polar surface area (TPSA) is 49.4 Å². The molecular weight excluding hydrogens is 427 g/mol. The van der Waals surface area contributed by atoms with Crippen molar-refractivity contribution in [2.24, 2.45) is 0 Å². The normalized spacial score (nSPS) is 11.8. The summed E-state index contributed by atoms with van der Waals surface area (Å²) in [4.78, 5) is 28.7. The average Bonchev–Trinajstić information content (AvgIpc) is 2.77. The van der Waals surface area contributed by atoms with Gasteiger partial charge in [-0.3, -0.25) is 9.59 Å². The summed E-state index contributed by atoms with van der Waals surface area (Å²) < 4.78 is 13.5. The molecule has 0 saturated carbocycles. The molecule has 0 aromatic heterocycles. The summed E-state index contributed by atoms with van der Waals surface area (Å²) in [6.07, 6.45) is 0.573. The van der Waals surface area contributed by atoms with Crippen molar-refractivity contribution in [3.63, 3.8) is 0 Å². The molecule has 3 aromatic carbocycles. The molecule has 178 valence electrons. The lowest BCUT2D eigenvalue weighted by atomic mass is 10.00. The van der Waals surface area contributed by atoms with Crippen LogP contribution in [0.5, 0.6) is 0 Å². The van der Waals surface area contributed by atoms with E-state index >= 15 is 0 Å². The van der Waals surface area contributed by atoms with E-state index in [4.69, 9.17) is 0 Å². The maximum Gasteiger partial charge on any atom is 0.243 e. The van der Waals surface area contributed by atoms with E-state index in [9.17, 15) is 14.0 Å². The lowest BCUT2D eigenvalue weighted by Gasteiger charge is -2.32. The zero-order valence-electron chi connectivity index (χ0n) is 20.3. The van der Waals surface area contributed by atoms with Crippen LogP contribution in [-0.2, 0) is 29.0 Å². The van der Waals surface area contributed by atoms with Crippen molar-refractivity contribution < 1.29 is 14.0 Å². The Balaban J connectivity index is 1.98. The van der Waals surface area contributed by atoms with E-state index in [1.54, 1.807) is 17.0 Å². The molecule has 0 aliphatic carbocycles. The first-order valence-corrected chi connectivity index (χ1v) is 11.7. The van der Waals surface area contributed by atoms with Crippen LogP contribution in [0, 0.1) is 19.7 Å². The summed E-state index contributed by atoms with van der Waals surface area (Å²) in [5, 5.41) is 2.98. The van der Waals surface area contributed by atoms with E-state index in [1.807, 2.05) is 70.2 Å². The number of carbonyl (C=O) groups excluding carboxylic acids is 2. The minimum atomic E-state index is -0.701. The third kappa shape index (κ3) is 7.27. The highest BCUT2D eigenvalue weighted by Crippen LogP contribution is 2.18. The van der Waals surface area contributed by atoms with Crippen LogP contribution in [0.4, 0.5) is 4.39 Å². The molecule has 0 bridgehead atoms. The molecule has 0 spiro atoms. The van der Waals surface area contributed by atoms with Gasteiger partial charge < -0.3 is 10.2 Å². The minimum Gasteiger partial charge on any atom is -0.352 e. The van der Waals surface area contributed by atoms with E-state index < -0.39 is 6.04 Å². The van der Waals surface area contributed by atoms with Crippen LogP contribution in [0.2, 0.25) is 0 Å². The molecule has 3 aromatic rings. The van der Waals surface area contributed by atoms with Crippen LogP contribution in [-0.4, -0.2) is 28.8 Å². The highest BCUT2D eigenvalue weighted by molar-refractivity contribution is 5.89. The Bertz CT molecular complexity index is 1090.